The normalized spacial score (nSPS) is 48.0. The third kappa shape index (κ3) is 0.789. The monoisotopic (exact) mass is 141 g/mol. The molecule has 0 radical (unpaired) electrons. The molecule has 2 heteroatoms. The summed E-state index contributed by atoms with van der Waals surface area (Å²) in [6.07, 6.45) is 4.80. The molecule has 0 aromatic rings. The Morgan fingerprint density at radius 2 is 2.20 bits per heavy atom. The van der Waals surface area contributed by atoms with Crippen LogP contribution in [0.5, 0.6) is 0 Å². The van der Waals surface area contributed by atoms with Crippen LogP contribution in [0, 0.1) is 0 Å². The van der Waals surface area contributed by atoms with E-state index in [0.29, 0.717) is 12.1 Å². The lowest BCUT2D eigenvalue weighted by Gasteiger charge is -2.30. The van der Waals surface area contributed by atoms with Crippen molar-refractivity contribution in [1.82, 2.24) is 4.90 Å². The smallest absolute Gasteiger partial charge is 0.0710 e. The number of aliphatic hydroxyl groups is 1. The number of rotatable bonds is 0. The first kappa shape index (κ1) is 6.62. The molecule has 0 aromatic heterocycles. The highest BCUT2D eigenvalue weighted by molar-refractivity contribution is 4.95. The molecule has 0 aliphatic carbocycles. The largest absolute Gasteiger partial charge is 0.391 e. The van der Waals surface area contributed by atoms with Crippen LogP contribution < -0.4 is 0 Å². The molecular formula is C8H15NO. The molecule has 0 saturated carbocycles. The maximum absolute atomic E-state index is 9.53. The van der Waals surface area contributed by atoms with Gasteiger partial charge in [-0.2, -0.15) is 0 Å². The quantitative estimate of drug-likeness (QED) is 0.534. The van der Waals surface area contributed by atoms with Crippen LogP contribution in [0.4, 0.5) is 0 Å². The summed E-state index contributed by atoms with van der Waals surface area (Å²) in [4.78, 5) is 2.36. The minimum atomic E-state index is -0.0301. The third-order valence-corrected chi connectivity index (χ3v) is 3.09. The van der Waals surface area contributed by atoms with Gasteiger partial charge in [-0.05, 0) is 26.3 Å². The highest BCUT2D eigenvalue weighted by Crippen LogP contribution is 2.33. The second-order valence-electron chi connectivity index (χ2n) is 3.62. The van der Waals surface area contributed by atoms with E-state index in [-0.39, 0.29) is 6.10 Å². The molecule has 10 heavy (non-hydrogen) atoms. The van der Waals surface area contributed by atoms with E-state index in [9.17, 15) is 5.11 Å². The summed E-state index contributed by atoms with van der Waals surface area (Å²) in [7, 11) is 2.14. The molecule has 3 atom stereocenters. The van der Waals surface area contributed by atoms with Gasteiger partial charge in [-0.15, -0.1) is 0 Å². The fourth-order valence-corrected chi connectivity index (χ4v) is 2.42. The average Bonchev–Trinajstić information content (AvgIpc) is 2.16. The minimum absolute atomic E-state index is 0.0301. The zero-order valence-corrected chi connectivity index (χ0v) is 6.45. The Balaban J connectivity index is 2.14. The van der Waals surface area contributed by atoms with Crippen molar-refractivity contribution in [2.75, 3.05) is 7.05 Å². The Hall–Kier alpha value is -0.0800. The van der Waals surface area contributed by atoms with Crippen molar-refractivity contribution in [2.45, 2.75) is 43.9 Å². The second-order valence-corrected chi connectivity index (χ2v) is 3.62. The van der Waals surface area contributed by atoms with Gasteiger partial charge in [0.15, 0.2) is 0 Å². The Bertz CT molecular complexity index is 137. The fourth-order valence-electron chi connectivity index (χ4n) is 2.42. The molecule has 2 bridgehead atoms. The Kier molecular flexibility index (Phi) is 1.46. The van der Waals surface area contributed by atoms with Gasteiger partial charge >= 0.3 is 0 Å². The van der Waals surface area contributed by atoms with E-state index in [1.54, 1.807) is 0 Å². The Morgan fingerprint density at radius 1 is 1.40 bits per heavy atom. The van der Waals surface area contributed by atoms with Gasteiger partial charge in [-0.3, -0.25) is 4.90 Å². The SMILES string of the molecule is CN1[C@H]2CCC[C@@H]1C(O)C2. The lowest BCUT2D eigenvalue weighted by Crippen LogP contribution is -2.38. The van der Waals surface area contributed by atoms with Crippen LogP contribution >= 0.6 is 0 Å². The van der Waals surface area contributed by atoms with Crippen molar-refractivity contribution in [3.8, 4) is 0 Å². The van der Waals surface area contributed by atoms with Crippen LogP contribution in [-0.4, -0.2) is 35.2 Å². The molecule has 0 amide bonds. The van der Waals surface area contributed by atoms with E-state index in [2.05, 4.69) is 11.9 Å². The van der Waals surface area contributed by atoms with E-state index in [1.807, 2.05) is 0 Å². The predicted octanol–water partition coefficient (Wildman–Crippen LogP) is 0.604. The van der Waals surface area contributed by atoms with E-state index in [1.165, 1.54) is 19.3 Å². The van der Waals surface area contributed by atoms with Crippen LogP contribution in [0.2, 0.25) is 0 Å². The minimum Gasteiger partial charge on any atom is -0.391 e. The summed E-state index contributed by atoms with van der Waals surface area (Å²) in [6, 6.07) is 1.17. The number of hydrogen-bond acceptors (Lipinski definition) is 2. The molecule has 2 nitrogen and oxygen atoms in total. The van der Waals surface area contributed by atoms with Gasteiger partial charge in [0.2, 0.25) is 0 Å². The summed E-state index contributed by atoms with van der Waals surface area (Å²) >= 11 is 0. The Labute approximate surface area is 61.8 Å². The molecule has 1 N–H and O–H groups in total. The van der Waals surface area contributed by atoms with Gasteiger partial charge in [-0.25, -0.2) is 0 Å². The van der Waals surface area contributed by atoms with E-state index in [4.69, 9.17) is 0 Å². The standard InChI is InChI=1S/C8H15NO/c1-9-6-3-2-4-7(9)8(10)5-6/h6-8,10H,2-5H2,1H3/t6-,7+,8?/m0/s1. The van der Waals surface area contributed by atoms with Gasteiger partial charge in [0.05, 0.1) is 6.10 Å². The van der Waals surface area contributed by atoms with Gasteiger partial charge in [0.1, 0.15) is 0 Å². The van der Waals surface area contributed by atoms with Crippen molar-refractivity contribution >= 4 is 0 Å². The molecule has 2 heterocycles. The molecule has 2 saturated heterocycles. The van der Waals surface area contributed by atoms with Crippen molar-refractivity contribution in [3.63, 3.8) is 0 Å². The molecule has 2 aliphatic rings. The highest BCUT2D eigenvalue weighted by Gasteiger charge is 2.40. The lowest BCUT2D eigenvalue weighted by molar-refractivity contribution is 0.103. The Morgan fingerprint density at radius 3 is 2.80 bits per heavy atom. The van der Waals surface area contributed by atoms with E-state index < -0.39 is 0 Å². The van der Waals surface area contributed by atoms with Gasteiger partial charge in [-0.1, -0.05) is 6.42 Å². The number of fused-ring (bicyclic) bond motifs is 2. The zero-order chi connectivity index (χ0) is 7.14. The number of piperidine rings is 1. The van der Waals surface area contributed by atoms with Crippen LogP contribution in [0.15, 0.2) is 0 Å². The molecule has 2 aliphatic heterocycles. The van der Waals surface area contributed by atoms with Gasteiger partial charge in [0.25, 0.3) is 0 Å². The topological polar surface area (TPSA) is 23.5 Å². The van der Waals surface area contributed by atoms with E-state index in [0.717, 1.165) is 6.42 Å². The first-order valence-electron chi connectivity index (χ1n) is 4.19. The predicted molar refractivity (Wildman–Crippen MR) is 39.8 cm³/mol. The maximum atomic E-state index is 9.53. The molecule has 2 fully saturated rings. The van der Waals surface area contributed by atoms with Gasteiger partial charge < -0.3 is 5.11 Å². The van der Waals surface area contributed by atoms with Crippen LogP contribution in [-0.2, 0) is 0 Å². The van der Waals surface area contributed by atoms with Crippen LogP contribution in [0.3, 0.4) is 0 Å². The van der Waals surface area contributed by atoms with Crippen molar-refractivity contribution in [2.24, 2.45) is 0 Å². The molecule has 58 valence electrons. The summed E-state index contributed by atoms with van der Waals surface area (Å²) in [5.41, 5.74) is 0. The van der Waals surface area contributed by atoms with Crippen molar-refractivity contribution in [1.29, 1.82) is 0 Å². The molecule has 0 spiro atoms. The number of nitrogens with zero attached hydrogens (tertiary/aromatic N) is 1. The highest BCUT2D eigenvalue weighted by atomic mass is 16.3. The lowest BCUT2D eigenvalue weighted by atomic mass is 10.0. The number of aliphatic hydroxyl groups excluding tert-OH is 1. The number of likely N-dealkylation sites (N-methyl/N-ethyl adjacent to an activating group) is 1. The van der Waals surface area contributed by atoms with Crippen molar-refractivity contribution < 1.29 is 5.11 Å². The average molecular weight is 141 g/mol. The maximum Gasteiger partial charge on any atom is 0.0710 e. The van der Waals surface area contributed by atoms with Crippen molar-refractivity contribution in [3.05, 3.63) is 0 Å². The van der Waals surface area contributed by atoms with Crippen LogP contribution in [0.25, 0.3) is 0 Å². The molecular weight excluding hydrogens is 126 g/mol. The molecule has 2 rings (SSSR count). The van der Waals surface area contributed by atoms with E-state index >= 15 is 0 Å². The summed E-state index contributed by atoms with van der Waals surface area (Å²) < 4.78 is 0. The first-order valence-corrected chi connectivity index (χ1v) is 4.19. The molecule has 0 aromatic carbocycles. The third-order valence-electron chi connectivity index (χ3n) is 3.09. The summed E-state index contributed by atoms with van der Waals surface area (Å²) in [5, 5.41) is 9.53. The second kappa shape index (κ2) is 2.21. The summed E-state index contributed by atoms with van der Waals surface area (Å²) in [6.45, 7) is 0. The zero-order valence-electron chi connectivity index (χ0n) is 6.45. The molecule has 1 unspecified atom stereocenters. The van der Waals surface area contributed by atoms with Crippen LogP contribution in [0.1, 0.15) is 25.7 Å². The fraction of sp³-hybridized carbons (Fsp3) is 1.00. The van der Waals surface area contributed by atoms with Gasteiger partial charge in [0, 0.05) is 12.1 Å². The number of hydrogen-bond donors (Lipinski definition) is 1. The first-order chi connectivity index (χ1) is 4.79. The summed E-state index contributed by atoms with van der Waals surface area (Å²) in [5.74, 6) is 0.